The van der Waals surface area contributed by atoms with Gasteiger partial charge < -0.3 is 10.2 Å². The number of nitro benzene ring substituents is 1. The van der Waals surface area contributed by atoms with Gasteiger partial charge in [0, 0.05) is 6.07 Å². The van der Waals surface area contributed by atoms with Gasteiger partial charge in [-0.1, -0.05) is 17.7 Å². The molecule has 0 aliphatic heterocycles. The van der Waals surface area contributed by atoms with Crippen molar-refractivity contribution in [3.05, 3.63) is 38.9 Å². The van der Waals surface area contributed by atoms with Gasteiger partial charge in [-0.25, -0.2) is 0 Å². The molecule has 1 aromatic rings. The Morgan fingerprint density at radius 3 is 2.71 bits per heavy atom. The van der Waals surface area contributed by atoms with Gasteiger partial charge in [-0.3, -0.25) is 10.1 Å². The summed E-state index contributed by atoms with van der Waals surface area (Å²) in [7, 11) is 0. The second-order valence-electron chi connectivity index (χ2n) is 2.63. The summed E-state index contributed by atoms with van der Waals surface area (Å²) in [6.07, 6.45) is -1.33. The van der Waals surface area contributed by atoms with E-state index in [9.17, 15) is 15.2 Å². The van der Waals surface area contributed by atoms with Gasteiger partial charge in [0.15, 0.2) is 0 Å². The zero-order valence-electron chi connectivity index (χ0n) is 7.05. The van der Waals surface area contributed by atoms with Crippen molar-refractivity contribution in [2.24, 2.45) is 0 Å². The SMILES string of the molecule is O=[N+]([O-])c1cccc(Cl)c1C(O)CO. The summed E-state index contributed by atoms with van der Waals surface area (Å²) in [5, 5.41) is 28.6. The number of hydrogen-bond donors (Lipinski definition) is 2. The lowest BCUT2D eigenvalue weighted by molar-refractivity contribution is -0.386. The molecular weight excluding hydrogens is 210 g/mol. The van der Waals surface area contributed by atoms with Crippen LogP contribution in [0.2, 0.25) is 5.02 Å². The highest BCUT2D eigenvalue weighted by Crippen LogP contribution is 2.31. The molecule has 0 fully saturated rings. The highest BCUT2D eigenvalue weighted by Gasteiger charge is 2.22. The highest BCUT2D eigenvalue weighted by atomic mass is 35.5. The van der Waals surface area contributed by atoms with Crippen molar-refractivity contribution in [3.63, 3.8) is 0 Å². The van der Waals surface area contributed by atoms with E-state index in [1.54, 1.807) is 0 Å². The number of nitro groups is 1. The number of aliphatic hydroxyl groups is 2. The minimum absolute atomic E-state index is 0.0540. The Morgan fingerprint density at radius 2 is 2.21 bits per heavy atom. The normalized spacial score (nSPS) is 12.5. The first-order valence-corrected chi connectivity index (χ1v) is 4.17. The first kappa shape index (κ1) is 10.9. The third-order valence-corrected chi connectivity index (χ3v) is 2.06. The van der Waals surface area contributed by atoms with E-state index in [0.29, 0.717) is 0 Å². The molecule has 6 heteroatoms. The predicted molar refractivity (Wildman–Crippen MR) is 50.2 cm³/mol. The molecule has 76 valence electrons. The zero-order chi connectivity index (χ0) is 10.7. The van der Waals surface area contributed by atoms with Crippen molar-refractivity contribution < 1.29 is 15.1 Å². The second-order valence-corrected chi connectivity index (χ2v) is 3.04. The summed E-state index contributed by atoms with van der Waals surface area (Å²) in [5.74, 6) is 0. The van der Waals surface area contributed by atoms with Crippen molar-refractivity contribution in [1.29, 1.82) is 0 Å². The van der Waals surface area contributed by atoms with E-state index >= 15 is 0 Å². The molecular formula is C8H8ClNO4. The lowest BCUT2D eigenvalue weighted by Gasteiger charge is -2.09. The van der Waals surface area contributed by atoms with Gasteiger partial charge in [0.25, 0.3) is 5.69 Å². The Bertz CT molecular complexity index is 355. The van der Waals surface area contributed by atoms with Crippen LogP contribution >= 0.6 is 11.6 Å². The van der Waals surface area contributed by atoms with Gasteiger partial charge in [0.05, 0.1) is 22.1 Å². The number of halogens is 1. The van der Waals surface area contributed by atoms with Gasteiger partial charge >= 0.3 is 0 Å². The topological polar surface area (TPSA) is 83.6 Å². The molecule has 1 aromatic carbocycles. The number of nitrogens with zero attached hydrogens (tertiary/aromatic N) is 1. The summed E-state index contributed by atoms with van der Waals surface area (Å²) < 4.78 is 0. The molecule has 0 radical (unpaired) electrons. The fourth-order valence-electron chi connectivity index (χ4n) is 1.11. The fraction of sp³-hybridized carbons (Fsp3) is 0.250. The molecule has 0 aliphatic rings. The van der Waals surface area contributed by atoms with Crippen LogP contribution < -0.4 is 0 Å². The van der Waals surface area contributed by atoms with Crippen LogP contribution in [-0.4, -0.2) is 21.7 Å². The minimum Gasteiger partial charge on any atom is -0.393 e. The molecule has 1 unspecified atom stereocenters. The van der Waals surface area contributed by atoms with Crippen molar-refractivity contribution in [1.82, 2.24) is 0 Å². The van der Waals surface area contributed by atoms with Gasteiger partial charge in [-0.15, -0.1) is 0 Å². The molecule has 0 saturated carbocycles. The van der Waals surface area contributed by atoms with E-state index in [2.05, 4.69) is 0 Å². The van der Waals surface area contributed by atoms with Crippen LogP contribution in [0.5, 0.6) is 0 Å². The van der Waals surface area contributed by atoms with Crippen molar-refractivity contribution >= 4 is 17.3 Å². The number of benzene rings is 1. The zero-order valence-corrected chi connectivity index (χ0v) is 7.81. The molecule has 0 aliphatic carbocycles. The molecule has 0 aromatic heterocycles. The average Bonchev–Trinajstić information content (AvgIpc) is 2.16. The molecule has 0 spiro atoms. The first-order valence-electron chi connectivity index (χ1n) is 3.79. The van der Waals surface area contributed by atoms with Gasteiger partial charge in [-0.05, 0) is 6.07 Å². The Hall–Kier alpha value is -1.17. The van der Waals surface area contributed by atoms with Crippen LogP contribution in [0, 0.1) is 10.1 Å². The highest BCUT2D eigenvalue weighted by molar-refractivity contribution is 6.31. The number of aliphatic hydroxyl groups excluding tert-OH is 2. The molecule has 0 saturated heterocycles. The van der Waals surface area contributed by atoms with Crippen LogP contribution in [0.3, 0.4) is 0 Å². The minimum atomic E-state index is -1.33. The molecule has 0 heterocycles. The molecule has 1 atom stereocenters. The Kier molecular flexibility index (Phi) is 3.40. The summed E-state index contributed by atoms with van der Waals surface area (Å²) in [4.78, 5) is 9.90. The quantitative estimate of drug-likeness (QED) is 0.590. The van der Waals surface area contributed by atoms with Gasteiger partial charge in [0.1, 0.15) is 6.10 Å². The molecule has 0 amide bonds. The number of rotatable bonds is 3. The molecule has 2 N–H and O–H groups in total. The Balaban J connectivity index is 3.29. The van der Waals surface area contributed by atoms with Crippen molar-refractivity contribution in [2.45, 2.75) is 6.10 Å². The van der Waals surface area contributed by atoms with Crippen LogP contribution in [0.1, 0.15) is 11.7 Å². The van der Waals surface area contributed by atoms with Crippen LogP contribution in [0.4, 0.5) is 5.69 Å². The maximum absolute atomic E-state index is 10.5. The maximum Gasteiger partial charge on any atom is 0.276 e. The van der Waals surface area contributed by atoms with Crippen molar-refractivity contribution in [3.8, 4) is 0 Å². The van der Waals surface area contributed by atoms with Crippen LogP contribution in [0.15, 0.2) is 18.2 Å². The average molecular weight is 218 g/mol. The Labute approximate surface area is 84.7 Å². The molecule has 0 bridgehead atoms. The van der Waals surface area contributed by atoms with E-state index in [4.69, 9.17) is 16.7 Å². The Morgan fingerprint density at radius 1 is 1.57 bits per heavy atom. The van der Waals surface area contributed by atoms with Gasteiger partial charge in [0.2, 0.25) is 0 Å². The first-order chi connectivity index (χ1) is 6.57. The maximum atomic E-state index is 10.5. The van der Waals surface area contributed by atoms with E-state index in [-0.39, 0.29) is 16.3 Å². The summed E-state index contributed by atoms with van der Waals surface area (Å²) >= 11 is 5.67. The van der Waals surface area contributed by atoms with Crippen LogP contribution in [0.25, 0.3) is 0 Å². The van der Waals surface area contributed by atoms with E-state index < -0.39 is 17.6 Å². The van der Waals surface area contributed by atoms with E-state index in [1.165, 1.54) is 18.2 Å². The van der Waals surface area contributed by atoms with Crippen molar-refractivity contribution in [2.75, 3.05) is 6.61 Å². The molecule has 5 nitrogen and oxygen atoms in total. The lowest BCUT2D eigenvalue weighted by atomic mass is 10.1. The second kappa shape index (κ2) is 4.36. The predicted octanol–water partition coefficient (Wildman–Crippen LogP) is 1.27. The molecule has 1 rings (SSSR count). The van der Waals surface area contributed by atoms with Crippen LogP contribution in [-0.2, 0) is 0 Å². The third-order valence-electron chi connectivity index (χ3n) is 1.73. The summed E-state index contributed by atoms with van der Waals surface area (Å²) in [6.45, 7) is -0.607. The van der Waals surface area contributed by atoms with Gasteiger partial charge in [-0.2, -0.15) is 0 Å². The third kappa shape index (κ3) is 2.01. The van der Waals surface area contributed by atoms with E-state index in [0.717, 1.165) is 0 Å². The fourth-order valence-corrected chi connectivity index (χ4v) is 1.40. The standard InChI is InChI=1S/C8H8ClNO4/c9-5-2-1-3-6(10(13)14)8(5)7(12)4-11/h1-3,7,11-12H,4H2. The smallest absolute Gasteiger partial charge is 0.276 e. The monoisotopic (exact) mass is 217 g/mol. The largest absolute Gasteiger partial charge is 0.393 e. The summed E-state index contributed by atoms with van der Waals surface area (Å²) in [5.41, 5.74) is -0.347. The lowest BCUT2D eigenvalue weighted by Crippen LogP contribution is -2.06. The van der Waals surface area contributed by atoms with E-state index in [1.807, 2.05) is 0 Å². The summed E-state index contributed by atoms with van der Waals surface area (Å²) in [6, 6.07) is 4.05. The molecule has 14 heavy (non-hydrogen) atoms. The number of hydrogen-bond acceptors (Lipinski definition) is 4.